The van der Waals surface area contributed by atoms with Crippen molar-refractivity contribution in [3.63, 3.8) is 0 Å². The minimum Gasteiger partial charge on any atom is -0.336 e. The molecule has 4 aromatic rings. The van der Waals surface area contributed by atoms with E-state index in [0.29, 0.717) is 11.5 Å². The number of para-hydroxylation sites is 2. The molecule has 0 atom stereocenters. The van der Waals surface area contributed by atoms with E-state index in [4.69, 9.17) is 0 Å². The highest BCUT2D eigenvalue weighted by Gasteiger charge is 2.12. The molecule has 0 radical (unpaired) electrons. The van der Waals surface area contributed by atoms with Crippen LogP contribution in [0.1, 0.15) is 11.1 Å². The second kappa shape index (κ2) is 4.53. The topological polar surface area (TPSA) is 74.4 Å². The van der Waals surface area contributed by atoms with Crippen LogP contribution in [0.2, 0.25) is 0 Å². The van der Waals surface area contributed by atoms with Crippen molar-refractivity contribution in [3.05, 3.63) is 57.9 Å². The molecule has 0 saturated carbocycles. The van der Waals surface area contributed by atoms with Crippen molar-refractivity contribution in [2.75, 3.05) is 0 Å². The number of nitrogens with one attached hydrogen (secondary N) is 2. The van der Waals surface area contributed by atoms with Crippen molar-refractivity contribution in [1.29, 1.82) is 0 Å². The van der Waals surface area contributed by atoms with Gasteiger partial charge in [-0.05, 0) is 49.2 Å². The number of fused-ring (bicyclic) bond motifs is 2. The van der Waals surface area contributed by atoms with Crippen molar-refractivity contribution in [2.45, 2.75) is 13.8 Å². The zero-order valence-corrected chi connectivity index (χ0v) is 12.3. The molecule has 0 fully saturated rings. The van der Waals surface area contributed by atoms with Crippen LogP contribution in [-0.2, 0) is 0 Å². The molecule has 0 spiro atoms. The number of aromatic nitrogens is 4. The van der Waals surface area contributed by atoms with Crippen molar-refractivity contribution in [1.82, 2.24) is 19.9 Å². The van der Waals surface area contributed by atoms with Crippen LogP contribution in [0.3, 0.4) is 0 Å². The minimum absolute atomic E-state index is 0.241. The fourth-order valence-electron chi connectivity index (χ4n) is 2.57. The SMILES string of the molecule is Cc1cc2nc(-c3nc4ccccc4[nH]3)c(=O)[nH]c2cc1C. The molecule has 5 heteroatoms. The molecule has 4 rings (SSSR count). The van der Waals surface area contributed by atoms with Gasteiger partial charge in [-0.3, -0.25) is 4.79 Å². The summed E-state index contributed by atoms with van der Waals surface area (Å²) in [7, 11) is 0. The van der Waals surface area contributed by atoms with Gasteiger partial charge >= 0.3 is 0 Å². The summed E-state index contributed by atoms with van der Waals surface area (Å²) < 4.78 is 0. The maximum atomic E-state index is 12.3. The summed E-state index contributed by atoms with van der Waals surface area (Å²) >= 11 is 0. The Morgan fingerprint density at radius 2 is 1.64 bits per heavy atom. The summed E-state index contributed by atoms with van der Waals surface area (Å²) in [5, 5.41) is 0. The Kier molecular flexibility index (Phi) is 2.63. The molecule has 2 N–H and O–H groups in total. The fraction of sp³-hybridized carbons (Fsp3) is 0.118. The van der Waals surface area contributed by atoms with Gasteiger partial charge in [-0.1, -0.05) is 12.1 Å². The number of benzene rings is 2. The highest BCUT2D eigenvalue weighted by molar-refractivity contribution is 5.81. The Morgan fingerprint density at radius 3 is 2.45 bits per heavy atom. The summed E-state index contributed by atoms with van der Waals surface area (Å²) in [6, 6.07) is 11.6. The van der Waals surface area contributed by atoms with Gasteiger partial charge in [-0.25, -0.2) is 9.97 Å². The van der Waals surface area contributed by atoms with Crippen LogP contribution < -0.4 is 5.56 Å². The maximum absolute atomic E-state index is 12.3. The quantitative estimate of drug-likeness (QED) is 0.565. The summed E-state index contributed by atoms with van der Waals surface area (Å²) in [5.41, 5.74) is 5.55. The zero-order chi connectivity index (χ0) is 15.3. The molecule has 108 valence electrons. The summed E-state index contributed by atoms with van der Waals surface area (Å²) in [6.45, 7) is 4.04. The van der Waals surface area contributed by atoms with E-state index in [1.807, 2.05) is 50.2 Å². The first-order chi connectivity index (χ1) is 10.6. The number of rotatable bonds is 1. The summed E-state index contributed by atoms with van der Waals surface area (Å²) in [6.07, 6.45) is 0. The van der Waals surface area contributed by atoms with Gasteiger partial charge in [-0.2, -0.15) is 0 Å². The molecule has 0 saturated heterocycles. The van der Waals surface area contributed by atoms with Crippen LogP contribution in [0, 0.1) is 13.8 Å². The molecule has 22 heavy (non-hydrogen) atoms. The van der Waals surface area contributed by atoms with Gasteiger partial charge in [0.2, 0.25) is 0 Å². The molecule has 0 amide bonds. The molecule has 5 nitrogen and oxygen atoms in total. The summed E-state index contributed by atoms with van der Waals surface area (Å²) in [4.78, 5) is 27.3. The smallest absolute Gasteiger partial charge is 0.278 e. The standard InChI is InChI=1S/C17H14N4O/c1-9-7-13-14(8-10(9)2)21-17(22)15(18-13)16-19-11-5-3-4-6-12(11)20-16/h3-8H,1-2H3,(H,19,20)(H,21,22). The van der Waals surface area contributed by atoms with Crippen molar-refractivity contribution in [2.24, 2.45) is 0 Å². The lowest BCUT2D eigenvalue weighted by molar-refractivity contribution is 1.17. The fourth-order valence-corrected chi connectivity index (χ4v) is 2.57. The van der Waals surface area contributed by atoms with Crippen molar-refractivity contribution < 1.29 is 0 Å². The summed E-state index contributed by atoms with van der Waals surface area (Å²) in [5.74, 6) is 0.488. The predicted molar refractivity (Wildman–Crippen MR) is 86.9 cm³/mol. The van der Waals surface area contributed by atoms with E-state index in [-0.39, 0.29) is 5.56 Å². The van der Waals surface area contributed by atoms with Crippen LogP contribution in [0.5, 0.6) is 0 Å². The van der Waals surface area contributed by atoms with Crippen LogP contribution in [-0.4, -0.2) is 19.9 Å². The Morgan fingerprint density at radius 1 is 0.864 bits per heavy atom. The van der Waals surface area contributed by atoms with Crippen molar-refractivity contribution in [3.8, 4) is 11.5 Å². The number of hydrogen-bond acceptors (Lipinski definition) is 3. The van der Waals surface area contributed by atoms with E-state index < -0.39 is 0 Å². The maximum Gasteiger partial charge on any atom is 0.278 e. The van der Waals surface area contributed by atoms with Crippen LogP contribution in [0.25, 0.3) is 33.6 Å². The Balaban J connectivity index is 1.99. The largest absolute Gasteiger partial charge is 0.336 e. The number of hydrogen-bond donors (Lipinski definition) is 2. The van der Waals surface area contributed by atoms with Gasteiger partial charge in [-0.15, -0.1) is 0 Å². The average Bonchev–Trinajstić information content (AvgIpc) is 2.92. The lowest BCUT2D eigenvalue weighted by Gasteiger charge is -2.04. The monoisotopic (exact) mass is 290 g/mol. The molecule has 2 aromatic carbocycles. The highest BCUT2D eigenvalue weighted by Crippen LogP contribution is 2.19. The third kappa shape index (κ3) is 1.90. The van der Waals surface area contributed by atoms with E-state index in [9.17, 15) is 4.79 Å². The zero-order valence-electron chi connectivity index (χ0n) is 12.3. The predicted octanol–water partition coefficient (Wildman–Crippen LogP) is 3.08. The Labute approximate surface area is 126 Å². The van der Waals surface area contributed by atoms with E-state index in [1.54, 1.807) is 0 Å². The molecule has 0 unspecified atom stereocenters. The van der Waals surface area contributed by atoms with Gasteiger partial charge in [0.1, 0.15) is 0 Å². The first-order valence-corrected chi connectivity index (χ1v) is 7.08. The molecule has 0 bridgehead atoms. The second-order valence-electron chi connectivity index (χ2n) is 5.47. The molecule has 0 aliphatic heterocycles. The molecule has 2 heterocycles. The van der Waals surface area contributed by atoms with E-state index in [2.05, 4.69) is 19.9 Å². The van der Waals surface area contributed by atoms with Crippen LogP contribution in [0.15, 0.2) is 41.2 Å². The second-order valence-corrected chi connectivity index (χ2v) is 5.47. The average molecular weight is 290 g/mol. The number of H-pyrrole nitrogens is 2. The minimum atomic E-state index is -0.241. The molecule has 0 aliphatic rings. The van der Waals surface area contributed by atoms with Gasteiger partial charge in [0.15, 0.2) is 11.5 Å². The van der Waals surface area contributed by atoms with Crippen LogP contribution in [0.4, 0.5) is 0 Å². The lowest BCUT2D eigenvalue weighted by Crippen LogP contribution is -2.12. The van der Waals surface area contributed by atoms with Gasteiger partial charge in [0.25, 0.3) is 5.56 Å². The lowest BCUT2D eigenvalue weighted by atomic mass is 10.1. The number of aromatic amines is 2. The van der Waals surface area contributed by atoms with Crippen LogP contribution >= 0.6 is 0 Å². The normalized spacial score (nSPS) is 11.4. The first kappa shape index (κ1) is 12.8. The number of imidazole rings is 1. The molecular weight excluding hydrogens is 276 g/mol. The van der Waals surface area contributed by atoms with E-state index >= 15 is 0 Å². The first-order valence-electron chi connectivity index (χ1n) is 7.08. The number of aryl methyl sites for hydroxylation is 2. The number of nitrogens with zero attached hydrogens (tertiary/aromatic N) is 2. The van der Waals surface area contributed by atoms with Gasteiger partial charge < -0.3 is 9.97 Å². The third-order valence-electron chi connectivity index (χ3n) is 3.92. The Bertz CT molecular complexity index is 1040. The van der Waals surface area contributed by atoms with Gasteiger partial charge in [0.05, 0.1) is 22.1 Å². The van der Waals surface area contributed by atoms with Crippen molar-refractivity contribution >= 4 is 22.1 Å². The molecule has 2 aromatic heterocycles. The van der Waals surface area contributed by atoms with Gasteiger partial charge in [0, 0.05) is 0 Å². The Hall–Kier alpha value is -2.95. The molecule has 0 aliphatic carbocycles. The highest BCUT2D eigenvalue weighted by atomic mass is 16.1. The molecular formula is C17H14N4O. The van der Waals surface area contributed by atoms with E-state index in [1.165, 1.54) is 0 Å². The van der Waals surface area contributed by atoms with E-state index in [0.717, 1.165) is 33.2 Å². The third-order valence-corrected chi connectivity index (χ3v) is 3.92.